The van der Waals surface area contributed by atoms with E-state index in [1.807, 2.05) is 28.6 Å². The maximum Gasteiger partial charge on any atom is 0.257 e. The Kier molecular flexibility index (Phi) is 4.74. The third-order valence-corrected chi connectivity index (χ3v) is 4.74. The van der Waals surface area contributed by atoms with Crippen LogP contribution in [0.3, 0.4) is 0 Å². The first-order valence-electron chi connectivity index (χ1n) is 8.92. The fourth-order valence-electron chi connectivity index (χ4n) is 3.48. The van der Waals surface area contributed by atoms with Crippen LogP contribution in [0.25, 0.3) is 5.69 Å². The monoisotopic (exact) mass is 325 g/mol. The van der Waals surface area contributed by atoms with Gasteiger partial charge in [-0.2, -0.15) is 5.10 Å². The third-order valence-electron chi connectivity index (χ3n) is 4.74. The highest BCUT2D eigenvalue weighted by molar-refractivity contribution is 5.96. The largest absolute Gasteiger partial charge is 0.339 e. The summed E-state index contributed by atoms with van der Waals surface area (Å²) in [6, 6.07) is 8.20. The zero-order valence-corrected chi connectivity index (χ0v) is 15.2. The lowest BCUT2D eigenvalue weighted by molar-refractivity contribution is 0.0791. The number of benzene rings is 1. The number of amides is 1. The maximum atomic E-state index is 13.1. The number of carbonyl (C=O) groups is 1. The summed E-state index contributed by atoms with van der Waals surface area (Å²) < 4.78 is 1.95. The van der Waals surface area contributed by atoms with Crippen LogP contribution in [0.5, 0.6) is 0 Å². The van der Waals surface area contributed by atoms with E-state index in [-0.39, 0.29) is 5.91 Å². The van der Waals surface area contributed by atoms with Crippen molar-refractivity contribution in [3.05, 3.63) is 46.8 Å². The second kappa shape index (κ2) is 6.80. The van der Waals surface area contributed by atoms with Gasteiger partial charge in [-0.25, -0.2) is 4.68 Å². The molecule has 2 heterocycles. The van der Waals surface area contributed by atoms with E-state index in [1.165, 1.54) is 5.56 Å². The Hall–Kier alpha value is -2.10. The Morgan fingerprint density at radius 3 is 2.46 bits per heavy atom. The van der Waals surface area contributed by atoms with Gasteiger partial charge >= 0.3 is 0 Å². The number of hydrogen-bond donors (Lipinski definition) is 0. The average molecular weight is 325 g/mol. The molecule has 0 bridgehead atoms. The number of aromatic nitrogens is 2. The normalized spacial score (nSPS) is 14.6. The van der Waals surface area contributed by atoms with Gasteiger partial charge in [-0.15, -0.1) is 0 Å². The highest BCUT2D eigenvalue weighted by Crippen LogP contribution is 2.25. The van der Waals surface area contributed by atoms with Crippen LogP contribution in [0.15, 0.2) is 24.3 Å². The zero-order chi connectivity index (χ0) is 17.3. The molecule has 1 aromatic heterocycles. The average Bonchev–Trinajstić information content (AvgIpc) is 3.16. The lowest BCUT2D eigenvalue weighted by atomic mass is 10.0. The number of hydrogen-bond acceptors (Lipinski definition) is 2. The van der Waals surface area contributed by atoms with Crippen molar-refractivity contribution < 1.29 is 4.79 Å². The summed E-state index contributed by atoms with van der Waals surface area (Å²) >= 11 is 0. The van der Waals surface area contributed by atoms with Crippen molar-refractivity contribution in [1.29, 1.82) is 0 Å². The summed E-state index contributed by atoms with van der Waals surface area (Å²) in [4.78, 5) is 15.1. The van der Waals surface area contributed by atoms with Crippen molar-refractivity contribution in [3.63, 3.8) is 0 Å². The number of aryl methyl sites for hydroxylation is 1. The molecule has 1 aliphatic rings. The van der Waals surface area contributed by atoms with Crippen molar-refractivity contribution in [2.75, 3.05) is 13.1 Å². The van der Waals surface area contributed by atoms with Gasteiger partial charge in [0.05, 0.1) is 22.6 Å². The molecule has 0 unspecified atom stereocenters. The van der Waals surface area contributed by atoms with Crippen LogP contribution in [-0.2, 0) is 6.42 Å². The molecular weight excluding hydrogens is 298 g/mol. The van der Waals surface area contributed by atoms with Crippen molar-refractivity contribution in [1.82, 2.24) is 14.7 Å². The Bertz CT molecular complexity index is 739. The van der Waals surface area contributed by atoms with Crippen LogP contribution < -0.4 is 0 Å². The molecule has 0 aliphatic carbocycles. The summed E-state index contributed by atoms with van der Waals surface area (Å²) in [5, 5.41) is 4.84. The lowest BCUT2D eigenvalue weighted by Gasteiger charge is -2.16. The van der Waals surface area contributed by atoms with E-state index in [0.29, 0.717) is 5.92 Å². The van der Waals surface area contributed by atoms with Crippen molar-refractivity contribution in [3.8, 4) is 5.69 Å². The molecule has 128 valence electrons. The minimum absolute atomic E-state index is 0.153. The van der Waals surface area contributed by atoms with Gasteiger partial charge < -0.3 is 4.90 Å². The van der Waals surface area contributed by atoms with E-state index in [4.69, 9.17) is 5.10 Å². The SMILES string of the molecule is Cc1ccccc1-n1nc(CC(C)C)c(C(=O)N2CCCC2)c1C. The van der Waals surface area contributed by atoms with E-state index in [2.05, 4.69) is 32.9 Å². The molecule has 1 aliphatic heterocycles. The van der Waals surface area contributed by atoms with Crippen LogP contribution in [-0.4, -0.2) is 33.7 Å². The van der Waals surface area contributed by atoms with Gasteiger partial charge in [-0.1, -0.05) is 32.0 Å². The summed E-state index contributed by atoms with van der Waals surface area (Å²) in [7, 11) is 0. The molecule has 0 atom stereocenters. The molecule has 1 fully saturated rings. The lowest BCUT2D eigenvalue weighted by Crippen LogP contribution is -2.29. The molecule has 3 rings (SSSR count). The van der Waals surface area contributed by atoms with E-state index in [0.717, 1.165) is 55.0 Å². The maximum absolute atomic E-state index is 13.1. The standard InChI is InChI=1S/C20H27N3O/c1-14(2)13-17-19(20(24)22-11-7-8-12-22)16(4)23(21-17)18-10-6-5-9-15(18)3/h5-6,9-10,14H,7-8,11-13H2,1-4H3. The second-order valence-electron chi connectivity index (χ2n) is 7.20. The van der Waals surface area contributed by atoms with Gasteiger partial charge in [0.25, 0.3) is 5.91 Å². The molecule has 1 aromatic carbocycles. The third kappa shape index (κ3) is 3.10. The topological polar surface area (TPSA) is 38.1 Å². The molecule has 2 aromatic rings. The quantitative estimate of drug-likeness (QED) is 0.854. The summed E-state index contributed by atoms with van der Waals surface area (Å²) in [5.41, 5.74) is 4.92. The zero-order valence-electron chi connectivity index (χ0n) is 15.2. The molecule has 0 saturated carbocycles. The molecule has 24 heavy (non-hydrogen) atoms. The van der Waals surface area contributed by atoms with E-state index >= 15 is 0 Å². The van der Waals surface area contributed by atoms with Gasteiger partial charge in [0.2, 0.25) is 0 Å². The Balaban J connectivity index is 2.09. The van der Waals surface area contributed by atoms with Gasteiger partial charge in [-0.05, 0) is 50.7 Å². The first-order chi connectivity index (χ1) is 11.5. The van der Waals surface area contributed by atoms with Crippen LogP contribution in [0.1, 0.15) is 54.0 Å². The molecule has 4 nitrogen and oxygen atoms in total. The fourth-order valence-corrected chi connectivity index (χ4v) is 3.48. The first-order valence-corrected chi connectivity index (χ1v) is 8.92. The van der Waals surface area contributed by atoms with Gasteiger partial charge in [0.15, 0.2) is 0 Å². The molecule has 4 heteroatoms. The minimum Gasteiger partial charge on any atom is -0.339 e. The molecular formula is C20H27N3O. The van der Waals surface area contributed by atoms with Gasteiger partial charge in [-0.3, -0.25) is 4.79 Å². The fraction of sp³-hybridized carbons (Fsp3) is 0.500. The first kappa shape index (κ1) is 16.7. The molecule has 1 saturated heterocycles. The molecule has 0 radical (unpaired) electrons. The molecule has 0 N–H and O–H groups in total. The number of nitrogens with zero attached hydrogens (tertiary/aromatic N) is 3. The van der Waals surface area contributed by atoms with E-state index in [9.17, 15) is 4.79 Å². The van der Waals surface area contributed by atoms with Gasteiger partial charge in [0, 0.05) is 13.1 Å². The Labute approximate surface area is 144 Å². The Morgan fingerprint density at radius 1 is 1.17 bits per heavy atom. The molecule has 1 amide bonds. The van der Waals surface area contributed by atoms with Gasteiger partial charge in [0.1, 0.15) is 0 Å². The van der Waals surface area contributed by atoms with E-state index < -0.39 is 0 Å². The summed E-state index contributed by atoms with van der Waals surface area (Å²) in [6.07, 6.45) is 3.04. The van der Waals surface area contributed by atoms with Crippen LogP contribution in [0.4, 0.5) is 0 Å². The highest BCUT2D eigenvalue weighted by Gasteiger charge is 2.28. The van der Waals surface area contributed by atoms with Crippen molar-refractivity contribution in [2.24, 2.45) is 5.92 Å². The van der Waals surface area contributed by atoms with Crippen molar-refractivity contribution >= 4 is 5.91 Å². The Morgan fingerprint density at radius 2 is 1.83 bits per heavy atom. The number of rotatable bonds is 4. The highest BCUT2D eigenvalue weighted by atomic mass is 16.2. The van der Waals surface area contributed by atoms with E-state index in [1.54, 1.807) is 0 Å². The van der Waals surface area contributed by atoms with Crippen LogP contribution in [0.2, 0.25) is 0 Å². The minimum atomic E-state index is 0.153. The smallest absolute Gasteiger partial charge is 0.257 e. The van der Waals surface area contributed by atoms with Crippen molar-refractivity contribution in [2.45, 2.75) is 47.0 Å². The second-order valence-corrected chi connectivity index (χ2v) is 7.20. The predicted octanol–water partition coefficient (Wildman–Crippen LogP) is 3.92. The molecule has 0 spiro atoms. The van der Waals surface area contributed by atoms with Crippen LogP contribution in [0, 0.1) is 19.8 Å². The number of para-hydroxylation sites is 1. The number of likely N-dealkylation sites (tertiary alicyclic amines) is 1. The number of carbonyl (C=O) groups excluding carboxylic acids is 1. The summed E-state index contributed by atoms with van der Waals surface area (Å²) in [6.45, 7) is 10.2. The summed E-state index contributed by atoms with van der Waals surface area (Å²) in [5.74, 6) is 0.621. The predicted molar refractivity (Wildman–Crippen MR) is 96.7 cm³/mol. The van der Waals surface area contributed by atoms with Crippen LogP contribution >= 0.6 is 0 Å².